The van der Waals surface area contributed by atoms with Crippen LogP contribution in [-0.4, -0.2) is 31.9 Å². The van der Waals surface area contributed by atoms with E-state index in [1.807, 2.05) is 0 Å². The molecule has 0 aliphatic carbocycles. The highest BCUT2D eigenvalue weighted by Crippen LogP contribution is 2.25. The Hall–Kier alpha value is -1.46. The van der Waals surface area contributed by atoms with Crippen molar-refractivity contribution in [3.05, 3.63) is 35.6 Å². The first-order chi connectivity index (χ1) is 7.56. The third-order valence-corrected chi connectivity index (χ3v) is 2.20. The van der Waals surface area contributed by atoms with E-state index in [0.29, 0.717) is 0 Å². The van der Waals surface area contributed by atoms with Crippen LogP contribution in [-0.2, 0) is 19.9 Å². The van der Waals surface area contributed by atoms with E-state index in [4.69, 9.17) is 4.74 Å². The molecule has 1 rings (SSSR count). The van der Waals surface area contributed by atoms with Gasteiger partial charge in [0.15, 0.2) is 0 Å². The Morgan fingerprint density at radius 2 is 2.06 bits per heavy atom. The van der Waals surface area contributed by atoms with Crippen LogP contribution in [0, 0.1) is 5.82 Å². The summed E-state index contributed by atoms with van der Waals surface area (Å²) in [5.74, 6) is -1.65. The van der Waals surface area contributed by atoms with Gasteiger partial charge in [0.05, 0.1) is 13.7 Å². The van der Waals surface area contributed by atoms with E-state index >= 15 is 0 Å². The maximum atomic E-state index is 13.5. The monoisotopic (exact) mass is 228 g/mol. The number of hydrogen-bond donors (Lipinski definition) is 1. The smallest absolute Gasteiger partial charge is 0.345 e. The van der Waals surface area contributed by atoms with E-state index in [9.17, 15) is 14.3 Å². The Kier molecular flexibility index (Phi) is 3.98. The van der Waals surface area contributed by atoms with Crippen LogP contribution < -0.4 is 0 Å². The zero-order valence-corrected chi connectivity index (χ0v) is 9.07. The second kappa shape index (κ2) is 5.05. The standard InChI is InChI=1S/C11H13FO4/c1-15-7-11(14,10(13)16-2)8-5-3-4-6-9(8)12/h3-6,14H,7H2,1-2H3. The second-order valence-corrected chi connectivity index (χ2v) is 3.26. The van der Waals surface area contributed by atoms with Gasteiger partial charge in [-0.3, -0.25) is 0 Å². The minimum Gasteiger partial charge on any atom is -0.467 e. The molecule has 0 saturated heterocycles. The van der Waals surface area contributed by atoms with E-state index < -0.39 is 17.4 Å². The molecular weight excluding hydrogens is 215 g/mol. The molecule has 1 aromatic carbocycles. The zero-order valence-electron chi connectivity index (χ0n) is 9.07. The van der Waals surface area contributed by atoms with E-state index in [1.165, 1.54) is 25.3 Å². The van der Waals surface area contributed by atoms with Gasteiger partial charge < -0.3 is 14.6 Å². The van der Waals surface area contributed by atoms with Crippen LogP contribution in [0.4, 0.5) is 4.39 Å². The predicted molar refractivity (Wildman–Crippen MR) is 54.2 cm³/mol. The molecule has 0 bridgehead atoms. The average molecular weight is 228 g/mol. The van der Waals surface area contributed by atoms with Crippen molar-refractivity contribution in [1.29, 1.82) is 0 Å². The van der Waals surface area contributed by atoms with Crippen LogP contribution in [0.2, 0.25) is 0 Å². The number of carbonyl (C=O) groups excluding carboxylic acids is 1. The molecule has 16 heavy (non-hydrogen) atoms. The largest absolute Gasteiger partial charge is 0.467 e. The molecule has 88 valence electrons. The van der Waals surface area contributed by atoms with E-state index in [-0.39, 0.29) is 12.2 Å². The van der Waals surface area contributed by atoms with Gasteiger partial charge in [-0.2, -0.15) is 0 Å². The molecule has 4 nitrogen and oxygen atoms in total. The number of halogens is 1. The first-order valence-electron chi connectivity index (χ1n) is 4.61. The normalized spacial score (nSPS) is 14.2. The first-order valence-corrected chi connectivity index (χ1v) is 4.61. The summed E-state index contributed by atoms with van der Waals surface area (Å²) in [6.07, 6.45) is 0. The summed E-state index contributed by atoms with van der Waals surface area (Å²) in [6.45, 7) is -0.374. The molecule has 5 heteroatoms. The van der Waals surface area contributed by atoms with Crippen molar-refractivity contribution in [1.82, 2.24) is 0 Å². The minimum atomic E-state index is -2.12. The van der Waals surface area contributed by atoms with Gasteiger partial charge in [0.2, 0.25) is 5.60 Å². The third-order valence-electron chi connectivity index (χ3n) is 2.20. The molecule has 0 saturated carbocycles. The fraction of sp³-hybridized carbons (Fsp3) is 0.364. The van der Waals surface area contributed by atoms with Gasteiger partial charge >= 0.3 is 5.97 Å². The van der Waals surface area contributed by atoms with Gasteiger partial charge in [-0.25, -0.2) is 9.18 Å². The van der Waals surface area contributed by atoms with Crippen LogP contribution >= 0.6 is 0 Å². The van der Waals surface area contributed by atoms with Crippen molar-refractivity contribution in [3.8, 4) is 0 Å². The number of ether oxygens (including phenoxy) is 2. The van der Waals surface area contributed by atoms with E-state index in [2.05, 4.69) is 4.74 Å². The van der Waals surface area contributed by atoms with Crippen molar-refractivity contribution in [3.63, 3.8) is 0 Å². The number of carbonyl (C=O) groups is 1. The molecule has 0 spiro atoms. The lowest BCUT2D eigenvalue weighted by Gasteiger charge is -2.24. The molecule has 0 aliphatic rings. The van der Waals surface area contributed by atoms with Crippen molar-refractivity contribution in [2.45, 2.75) is 5.60 Å². The van der Waals surface area contributed by atoms with Crippen molar-refractivity contribution >= 4 is 5.97 Å². The number of rotatable bonds is 4. The van der Waals surface area contributed by atoms with Crippen molar-refractivity contribution in [2.75, 3.05) is 20.8 Å². The topological polar surface area (TPSA) is 55.8 Å². The van der Waals surface area contributed by atoms with Crippen LogP contribution in [0.3, 0.4) is 0 Å². The summed E-state index contributed by atoms with van der Waals surface area (Å²) < 4.78 is 22.6. The number of benzene rings is 1. The maximum Gasteiger partial charge on any atom is 0.345 e. The third kappa shape index (κ3) is 2.20. The molecule has 1 atom stereocenters. The molecule has 0 radical (unpaired) electrons. The minimum absolute atomic E-state index is 0.163. The molecule has 0 aromatic heterocycles. The van der Waals surface area contributed by atoms with Gasteiger partial charge in [-0.1, -0.05) is 18.2 Å². The highest BCUT2D eigenvalue weighted by Gasteiger charge is 2.41. The Bertz CT molecular complexity index is 380. The number of methoxy groups -OCH3 is 2. The summed E-state index contributed by atoms with van der Waals surface area (Å²) in [4.78, 5) is 11.5. The predicted octanol–water partition coefficient (Wildman–Crippen LogP) is 0.833. The molecule has 0 amide bonds. The van der Waals surface area contributed by atoms with Gasteiger partial charge in [0, 0.05) is 12.7 Å². The Morgan fingerprint density at radius 3 is 2.56 bits per heavy atom. The van der Waals surface area contributed by atoms with Crippen LogP contribution in [0.1, 0.15) is 5.56 Å². The lowest BCUT2D eigenvalue weighted by molar-refractivity contribution is -0.169. The summed E-state index contributed by atoms with van der Waals surface area (Å²) in [5, 5.41) is 10.1. The second-order valence-electron chi connectivity index (χ2n) is 3.26. The summed E-state index contributed by atoms with van der Waals surface area (Å²) >= 11 is 0. The van der Waals surface area contributed by atoms with Crippen LogP contribution in [0.15, 0.2) is 24.3 Å². The average Bonchev–Trinajstić information content (AvgIpc) is 2.28. The molecule has 1 unspecified atom stereocenters. The van der Waals surface area contributed by atoms with Crippen LogP contribution in [0.25, 0.3) is 0 Å². The molecule has 1 aromatic rings. The fourth-order valence-electron chi connectivity index (χ4n) is 1.42. The molecule has 0 heterocycles. The van der Waals surface area contributed by atoms with Gasteiger partial charge in [0.1, 0.15) is 5.82 Å². The van der Waals surface area contributed by atoms with Gasteiger partial charge in [-0.05, 0) is 6.07 Å². The number of esters is 1. The molecule has 0 fully saturated rings. The summed E-state index contributed by atoms with van der Waals surface area (Å²) in [7, 11) is 2.42. The highest BCUT2D eigenvalue weighted by atomic mass is 19.1. The number of aliphatic hydroxyl groups is 1. The zero-order chi connectivity index (χ0) is 12.2. The summed E-state index contributed by atoms with van der Waals surface area (Å²) in [5.41, 5.74) is -2.28. The van der Waals surface area contributed by atoms with Crippen molar-refractivity contribution in [2.24, 2.45) is 0 Å². The van der Waals surface area contributed by atoms with E-state index in [0.717, 1.165) is 13.2 Å². The summed E-state index contributed by atoms with van der Waals surface area (Å²) in [6, 6.07) is 5.44. The Labute approximate surface area is 92.6 Å². The molecule has 0 aliphatic heterocycles. The molecule has 1 N–H and O–H groups in total. The highest BCUT2D eigenvalue weighted by molar-refractivity contribution is 5.81. The quantitative estimate of drug-likeness (QED) is 0.775. The lowest BCUT2D eigenvalue weighted by Crippen LogP contribution is -2.41. The Balaban J connectivity index is 3.21. The maximum absolute atomic E-state index is 13.5. The van der Waals surface area contributed by atoms with Gasteiger partial charge in [0.25, 0.3) is 0 Å². The van der Waals surface area contributed by atoms with Crippen molar-refractivity contribution < 1.29 is 23.8 Å². The van der Waals surface area contributed by atoms with E-state index in [1.54, 1.807) is 0 Å². The first kappa shape index (κ1) is 12.6. The van der Waals surface area contributed by atoms with Gasteiger partial charge in [-0.15, -0.1) is 0 Å². The number of hydrogen-bond acceptors (Lipinski definition) is 4. The Morgan fingerprint density at radius 1 is 1.44 bits per heavy atom. The fourth-order valence-corrected chi connectivity index (χ4v) is 1.42. The molecular formula is C11H13FO4. The lowest BCUT2D eigenvalue weighted by atomic mass is 9.94. The van der Waals surface area contributed by atoms with Crippen LogP contribution in [0.5, 0.6) is 0 Å². The SMILES string of the molecule is COCC(O)(C(=O)OC)c1ccccc1F.